The number of anilines is 1. The molecule has 5 aromatic rings. The molecule has 1 saturated heterocycles. The zero-order valence-electron chi connectivity index (χ0n) is 30.7. The number of halogens is 4. The number of hydrogen-bond acceptors (Lipinski definition) is 2. The van der Waals surface area contributed by atoms with Gasteiger partial charge in [-0.3, -0.25) is 0 Å². The van der Waals surface area contributed by atoms with Crippen molar-refractivity contribution in [3.8, 4) is 0 Å². The first-order valence-electron chi connectivity index (χ1n) is 17.8. The summed E-state index contributed by atoms with van der Waals surface area (Å²) < 4.78 is 4.22. The summed E-state index contributed by atoms with van der Waals surface area (Å²) >= 11 is 5.16. The van der Waals surface area contributed by atoms with Crippen molar-refractivity contribution in [2.45, 2.75) is 84.5 Å². The Morgan fingerprint density at radius 3 is 1.69 bits per heavy atom. The predicted molar refractivity (Wildman–Crippen MR) is 229 cm³/mol. The summed E-state index contributed by atoms with van der Waals surface area (Å²) in [4.78, 5) is 5.01. The zero-order chi connectivity index (χ0) is 37.3. The average Bonchev–Trinajstić information content (AvgIpc) is 3.39. The molecule has 1 heterocycles. The standard InChI is InChI=1S/C23H30N.C22H19Br2N.2ClH.Ru/c1-6-18-12-11-13-19(7-2)21(18)24-17-23(5,16-22(24,3)4)20-14-9-8-10-15-20;1-17-4-2-3-5-20(17)16-25(14-18-6-10-21(23)11-7-18)15-19-8-12-22(24)13-9-19;;;/h8-15,17H,6-7,16H2,1-5H3;1-13H,14-16H2;2*1H;/q-1;;;;+2/p-2. The van der Waals surface area contributed by atoms with Gasteiger partial charge in [-0.1, -0.05) is 74.9 Å². The molecule has 0 aromatic heterocycles. The summed E-state index contributed by atoms with van der Waals surface area (Å²) in [7, 11) is 12.3. The van der Waals surface area contributed by atoms with Gasteiger partial charge in [-0.2, -0.15) is 0 Å². The van der Waals surface area contributed by atoms with Gasteiger partial charge in [0.2, 0.25) is 0 Å². The van der Waals surface area contributed by atoms with E-state index in [-0.39, 0.29) is 11.0 Å². The van der Waals surface area contributed by atoms with Crippen molar-refractivity contribution in [1.82, 2.24) is 4.90 Å². The van der Waals surface area contributed by atoms with Crippen molar-refractivity contribution in [1.29, 1.82) is 0 Å². The molecule has 1 aliphatic heterocycles. The summed E-state index contributed by atoms with van der Waals surface area (Å²) in [5, 5.41) is 0. The minimum absolute atomic E-state index is 0.0800. The van der Waals surface area contributed by atoms with Crippen molar-refractivity contribution < 1.29 is 13.5 Å². The van der Waals surface area contributed by atoms with E-state index in [0.717, 1.165) is 53.4 Å². The maximum absolute atomic E-state index is 6.14. The molecule has 1 fully saturated rings. The second-order valence-electron chi connectivity index (χ2n) is 14.3. The van der Waals surface area contributed by atoms with Crippen LogP contribution in [0.5, 0.6) is 0 Å². The number of rotatable bonds is 11. The number of hydrogen-bond donors (Lipinski definition) is 0. The second-order valence-corrected chi connectivity index (χ2v) is 21.9. The summed E-state index contributed by atoms with van der Waals surface area (Å²) in [6, 6.07) is 43.1. The number of para-hydroxylation sites is 1. The van der Waals surface area contributed by atoms with Gasteiger partial charge in [-0.25, -0.2) is 6.54 Å². The van der Waals surface area contributed by atoms with E-state index in [9.17, 15) is 0 Å². The fourth-order valence-corrected chi connectivity index (χ4v) is 9.75. The van der Waals surface area contributed by atoms with Crippen LogP contribution in [0, 0.1) is 6.54 Å². The van der Waals surface area contributed by atoms with Gasteiger partial charge in [0.25, 0.3) is 0 Å². The van der Waals surface area contributed by atoms with Crippen LogP contribution >= 0.6 is 51.2 Å². The summed E-state index contributed by atoms with van der Waals surface area (Å²) in [5.74, 6) is 0. The van der Waals surface area contributed by atoms with Crippen LogP contribution in [0.15, 0.2) is 130 Å². The third-order valence-corrected chi connectivity index (χ3v) is 12.7. The maximum atomic E-state index is 6.14. The van der Waals surface area contributed by atoms with E-state index in [2.05, 4.69) is 198 Å². The second kappa shape index (κ2) is 19.0. The molecule has 1 atom stereocenters. The monoisotopic (exact) mass is 947 g/mol. The molecule has 1 aliphatic rings. The van der Waals surface area contributed by atoms with Gasteiger partial charge in [0.15, 0.2) is 0 Å². The molecule has 0 radical (unpaired) electrons. The molecule has 0 aliphatic carbocycles. The third-order valence-electron chi connectivity index (χ3n) is 9.78. The SMILES string of the molecule is CCc1cccc(CC)c1N1[CH-]C(C)(c2ccccc2)CC1(C)C.[Cl][Ru]([Cl])=[CH]c1ccccc1CN(Cc1ccc(Br)cc1)Cc1ccc(Br)cc1. The van der Waals surface area contributed by atoms with Crippen LogP contribution in [0.2, 0.25) is 0 Å². The quantitative estimate of drug-likeness (QED) is 0.0962. The molecule has 5 aromatic carbocycles. The van der Waals surface area contributed by atoms with Crippen LogP contribution in [-0.4, -0.2) is 15.0 Å². The van der Waals surface area contributed by atoms with Gasteiger partial charge in [0.05, 0.1) is 0 Å². The Labute approximate surface area is 342 Å². The van der Waals surface area contributed by atoms with E-state index < -0.39 is 13.5 Å². The van der Waals surface area contributed by atoms with Crippen LogP contribution in [-0.2, 0) is 51.4 Å². The Morgan fingerprint density at radius 1 is 0.673 bits per heavy atom. The minimum atomic E-state index is -1.87. The average molecular weight is 950 g/mol. The van der Waals surface area contributed by atoms with E-state index in [0.29, 0.717) is 0 Å². The molecule has 0 bridgehead atoms. The molecule has 0 saturated carbocycles. The van der Waals surface area contributed by atoms with Crippen LogP contribution in [0.3, 0.4) is 0 Å². The van der Waals surface area contributed by atoms with Crippen molar-refractivity contribution >= 4 is 61.5 Å². The van der Waals surface area contributed by atoms with Gasteiger partial charge >= 0.3 is 198 Å². The van der Waals surface area contributed by atoms with Crippen LogP contribution in [0.25, 0.3) is 0 Å². The molecule has 2 nitrogen and oxygen atoms in total. The Bertz CT molecular complexity index is 1860. The van der Waals surface area contributed by atoms with Gasteiger partial charge in [0.1, 0.15) is 0 Å². The van der Waals surface area contributed by atoms with Gasteiger partial charge < -0.3 is 4.90 Å². The van der Waals surface area contributed by atoms with E-state index >= 15 is 0 Å². The van der Waals surface area contributed by atoms with E-state index in [4.69, 9.17) is 19.4 Å². The predicted octanol–water partition coefficient (Wildman–Crippen LogP) is 13.4. The molecule has 0 spiro atoms. The van der Waals surface area contributed by atoms with Crippen LogP contribution in [0.4, 0.5) is 5.69 Å². The van der Waals surface area contributed by atoms with E-state index in [1.54, 1.807) is 0 Å². The fourth-order valence-electron chi connectivity index (χ4n) is 7.34. The van der Waals surface area contributed by atoms with Gasteiger partial charge in [-0.15, -0.1) is 5.41 Å². The molecule has 0 amide bonds. The Morgan fingerprint density at radius 2 is 1.17 bits per heavy atom. The Balaban J connectivity index is 0.000000203. The fraction of sp³-hybridized carbons (Fsp3) is 0.289. The normalized spacial score (nSPS) is 16.7. The first kappa shape index (κ1) is 41.1. The molecule has 7 heteroatoms. The van der Waals surface area contributed by atoms with Crippen molar-refractivity contribution in [2.24, 2.45) is 0 Å². The molecule has 52 heavy (non-hydrogen) atoms. The third kappa shape index (κ3) is 11.0. The Hall–Kier alpha value is -2.11. The zero-order valence-corrected chi connectivity index (χ0v) is 37.1. The number of aryl methyl sites for hydroxylation is 2. The molecule has 1 unspecified atom stereocenters. The first-order valence-corrected chi connectivity index (χ1v) is 24.9. The molecule has 276 valence electrons. The van der Waals surface area contributed by atoms with E-state index in [1.807, 2.05) is 10.7 Å². The molecule has 0 N–H and O–H groups in total. The van der Waals surface area contributed by atoms with Crippen LogP contribution < -0.4 is 4.90 Å². The summed E-state index contributed by atoms with van der Waals surface area (Å²) in [6.07, 6.45) is 3.28. The van der Waals surface area contributed by atoms with E-state index in [1.165, 1.54) is 39.1 Å². The van der Waals surface area contributed by atoms with Crippen LogP contribution in [0.1, 0.15) is 80.0 Å². The topological polar surface area (TPSA) is 6.48 Å². The molecular weight excluding hydrogens is 900 g/mol. The molecule has 6 rings (SSSR count). The summed E-state index contributed by atoms with van der Waals surface area (Å²) in [6.45, 7) is 16.7. The Kier molecular flexibility index (Phi) is 15.0. The first-order chi connectivity index (χ1) is 24.9. The van der Waals surface area contributed by atoms with Crippen molar-refractivity contribution in [3.63, 3.8) is 0 Å². The molecular formula is C45H49Br2Cl2N2Ru-. The number of benzene rings is 5. The van der Waals surface area contributed by atoms with Gasteiger partial charge in [-0.05, 0) is 44.2 Å². The van der Waals surface area contributed by atoms with Crippen molar-refractivity contribution in [2.75, 3.05) is 4.90 Å². The number of nitrogens with zero attached hydrogens (tertiary/aromatic N) is 2. The van der Waals surface area contributed by atoms with Gasteiger partial charge in [0, 0.05) is 11.2 Å². The van der Waals surface area contributed by atoms with Crippen molar-refractivity contribution in [3.05, 3.63) is 176 Å². The summed E-state index contributed by atoms with van der Waals surface area (Å²) in [5.41, 5.74) is 10.9.